The number of carbonyl (C=O) groups excluding carboxylic acids is 1. The lowest BCUT2D eigenvalue weighted by Crippen LogP contribution is -2.26. The van der Waals surface area contributed by atoms with Crippen LogP contribution in [0.2, 0.25) is 0 Å². The number of hydrogen-bond donors (Lipinski definition) is 1. The number of para-hydroxylation sites is 1. The summed E-state index contributed by atoms with van der Waals surface area (Å²) in [5.41, 5.74) is 7.42. The molecule has 2 heterocycles. The molecule has 0 amide bonds. The number of esters is 1. The first-order chi connectivity index (χ1) is 10.2. The van der Waals surface area contributed by atoms with Crippen LogP contribution in [0.15, 0.2) is 51.7 Å². The Labute approximate surface area is 122 Å². The van der Waals surface area contributed by atoms with Gasteiger partial charge < -0.3 is 15.4 Å². The van der Waals surface area contributed by atoms with Crippen LogP contribution < -0.4 is 5.73 Å². The van der Waals surface area contributed by atoms with E-state index in [4.69, 9.17) is 10.5 Å². The van der Waals surface area contributed by atoms with Crippen LogP contribution in [0.4, 0.5) is 5.69 Å². The van der Waals surface area contributed by atoms with Gasteiger partial charge in [-0.2, -0.15) is 0 Å². The Hall–Kier alpha value is -2.63. The van der Waals surface area contributed by atoms with Gasteiger partial charge in [-0.05, 0) is 19.1 Å². The molecule has 21 heavy (non-hydrogen) atoms. The third-order valence-electron chi connectivity index (χ3n) is 3.15. The van der Waals surface area contributed by atoms with Gasteiger partial charge in [0.1, 0.15) is 17.1 Å². The fourth-order valence-electron chi connectivity index (χ4n) is 2.08. The minimum absolute atomic E-state index is 0.254. The molecule has 6 heteroatoms. The van der Waals surface area contributed by atoms with E-state index in [0.717, 1.165) is 18.8 Å². The molecule has 0 unspecified atom stereocenters. The predicted octanol–water partition coefficient (Wildman–Crippen LogP) is 1.22. The summed E-state index contributed by atoms with van der Waals surface area (Å²) in [6.07, 6.45) is 0. The standard InChI is InChI=1S/C15H16N4O2/c1-2-21-15(20)11-12(17-10-6-4-3-5-7-10)13(16)18-14(11)19-8-9-19/h3-7H,2,8-9H2,1H3,(H2,16,17,18). The Kier molecular flexibility index (Phi) is 3.43. The van der Waals surface area contributed by atoms with Gasteiger partial charge in [0.15, 0.2) is 5.84 Å². The second kappa shape index (κ2) is 5.40. The van der Waals surface area contributed by atoms with Crippen molar-refractivity contribution >= 4 is 23.2 Å². The molecule has 1 aromatic rings. The molecule has 0 radical (unpaired) electrons. The molecule has 1 saturated heterocycles. The van der Waals surface area contributed by atoms with Crippen molar-refractivity contribution in [1.82, 2.24) is 4.90 Å². The molecule has 6 nitrogen and oxygen atoms in total. The van der Waals surface area contributed by atoms with E-state index in [-0.39, 0.29) is 5.84 Å². The maximum atomic E-state index is 12.2. The van der Waals surface area contributed by atoms with E-state index >= 15 is 0 Å². The van der Waals surface area contributed by atoms with Gasteiger partial charge in [0.2, 0.25) is 0 Å². The number of aliphatic imine (C=N–C) groups is 2. The maximum Gasteiger partial charge on any atom is 0.344 e. The highest BCUT2D eigenvalue weighted by atomic mass is 16.5. The summed E-state index contributed by atoms with van der Waals surface area (Å²) < 4.78 is 5.12. The van der Waals surface area contributed by atoms with Crippen molar-refractivity contribution in [1.29, 1.82) is 0 Å². The summed E-state index contributed by atoms with van der Waals surface area (Å²) in [5, 5.41) is 0. The molecule has 3 rings (SSSR count). The average Bonchev–Trinajstić information content (AvgIpc) is 3.27. The number of amidine groups is 1. The topological polar surface area (TPSA) is 80.0 Å². The Bertz CT molecular complexity index is 658. The molecule has 0 aliphatic carbocycles. The van der Waals surface area contributed by atoms with E-state index in [2.05, 4.69) is 9.98 Å². The van der Waals surface area contributed by atoms with Gasteiger partial charge >= 0.3 is 5.97 Å². The van der Waals surface area contributed by atoms with Crippen molar-refractivity contribution < 1.29 is 9.53 Å². The van der Waals surface area contributed by atoms with E-state index < -0.39 is 5.97 Å². The van der Waals surface area contributed by atoms with E-state index in [9.17, 15) is 4.79 Å². The minimum Gasteiger partial charge on any atom is -0.462 e. The van der Waals surface area contributed by atoms with E-state index in [1.807, 2.05) is 35.2 Å². The summed E-state index contributed by atoms with van der Waals surface area (Å²) >= 11 is 0. The third-order valence-corrected chi connectivity index (χ3v) is 3.15. The van der Waals surface area contributed by atoms with Crippen molar-refractivity contribution in [2.45, 2.75) is 6.92 Å². The molecule has 0 spiro atoms. The zero-order valence-corrected chi connectivity index (χ0v) is 11.7. The van der Waals surface area contributed by atoms with Crippen molar-refractivity contribution in [3.8, 4) is 0 Å². The molecule has 0 atom stereocenters. The molecular weight excluding hydrogens is 268 g/mol. The lowest BCUT2D eigenvalue weighted by Gasteiger charge is -2.07. The molecule has 1 fully saturated rings. The summed E-state index contributed by atoms with van der Waals surface area (Å²) in [7, 11) is 0. The highest BCUT2D eigenvalue weighted by molar-refractivity contribution is 6.54. The molecule has 0 bridgehead atoms. The van der Waals surface area contributed by atoms with Crippen LogP contribution in [0.3, 0.4) is 0 Å². The van der Waals surface area contributed by atoms with Crippen LogP contribution in [0.25, 0.3) is 0 Å². The molecule has 1 aromatic carbocycles. The Morgan fingerprint density at radius 2 is 2.10 bits per heavy atom. The number of ether oxygens (including phenoxy) is 1. The zero-order valence-electron chi connectivity index (χ0n) is 11.7. The molecule has 0 saturated carbocycles. The summed E-state index contributed by atoms with van der Waals surface area (Å²) in [6, 6.07) is 9.34. The van der Waals surface area contributed by atoms with Crippen LogP contribution in [-0.2, 0) is 9.53 Å². The molecule has 2 aliphatic heterocycles. The molecule has 2 N–H and O–H groups in total. The number of nitrogens with two attached hydrogens (primary N) is 1. The molecule has 108 valence electrons. The van der Waals surface area contributed by atoms with Crippen molar-refractivity contribution in [2.75, 3.05) is 19.7 Å². The van der Waals surface area contributed by atoms with Crippen LogP contribution in [0, 0.1) is 0 Å². The van der Waals surface area contributed by atoms with Crippen molar-refractivity contribution in [2.24, 2.45) is 15.7 Å². The first-order valence-corrected chi connectivity index (χ1v) is 6.85. The quantitative estimate of drug-likeness (QED) is 0.666. The first kappa shape index (κ1) is 13.4. The van der Waals surface area contributed by atoms with Crippen molar-refractivity contribution in [3.63, 3.8) is 0 Å². The highest BCUT2D eigenvalue weighted by Gasteiger charge is 2.36. The second-order valence-electron chi connectivity index (χ2n) is 4.70. The first-order valence-electron chi connectivity index (χ1n) is 6.85. The summed E-state index contributed by atoms with van der Waals surface area (Å²) in [5.74, 6) is 0.391. The normalized spacial score (nSPS) is 19.0. The van der Waals surface area contributed by atoms with Gasteiger partial charge in [-0.1, -0.05) is 18.2 Å². The highest BCUT2D eigenvalue weighted by Crippen LogP contribution is 2.27. The Morgan fingerprint density at radius 3 is 2.71 bits per heavy atom. The zero-order chi connectivity index (χ0) is 14.8. The third kappa shape index (κ3) is 2.65. The Balaban J connectivity index is 2.03. The molecule has 0 aromatic heterocycles. The number of benzene rings is 1. The smallest absolute Gasteiger partial charge is 0.344 e. The van der Waals surface area contributed by atoms with E-state index in [1.165, 1.54) is 0 Å². The predicted molar refractivity (Wildman–Crippen MR) is 80.4 cm³/mol. The van der Waals surface area contributed by atoms with Crippen LogP contribution in [-0.4, -0.2) is 42.1 Å². The summed E-state index contributed by atoms with van der Waals surface area (Å²) in [4.78, 5) is 22.9. The van der Waals surface area contributed by atoms with Gasteiger partial charge in [0.25, 0.3) is 0 Å². The van der Waals surface area contributed by atoms with Gasteiger partial charge in [0, 0.05) is 13.1 Å². The van der Waals surface area contributed by atoms with Gasteiger partial charge in [0.05, 0.1) is 12.3 Å². The lowest BCUT2D eigenvalue weighted by atomic mass is 10.1. The number of rotatable bonds is 4. The van der Waals surface area contributed by atoms with Gasteiger partial charge in [-0.15, -0.1) is 0 Å². The molecule has 2 aliphatic rings. The summed E-state index contributed by atoms with van der Waals surface area (Å²) in [6.45, 7) is 3.80. The van der Waals surface area contributed by atoms with E-state index in [1.54, 1.807) is 6.92 Å². The largest absolute Gasteiger partial charge is 0.462 e. The second-order valence-corrected chi connectivity index (χ2v) is 4.70. The fourth-order valence-corrected chi connectivity index (χ4v) is 2.08. The van der Waals surface area contributed by atoms with Gasteiger partial charge in [-0.25, -0.2) is 14.8 Å². The SMILES string of the molecule is CCOC(=O)C1=C(N2CC2)N=C(N)C1=Nc1ccccc1. The number of hydrogen-bond acceptors (Lipinski definition) is 6. The number of nitrogens with zero attached hydrogens (tertiary/aromatic N) is 3. The van der Waals surface area contributed by atoms with Gasteiger partial charge in [-0.3, -0.25) is 0 Å². The minimum atomic E-state index is -0.432. The van der Waals surface area contributed by atoms with E-state index in [0.29, 0.717) is 23.7 Å². The fraction of sp³-hybridized carbons (Fsp3) is 0.267. The number of carbonyl (C=O) groups is 1. The lowest BCUT2D eigenvalue weighted by molar-refractivity contribution is -0.137. The maximum absolute atomic E-state index is 12.2. The van der Waals surface area contributed by atoms with Crippen LogP contribution in [0.1, 0.15) is 6.92 Å². The van der Waals surface area contributed by atoms with Crippen LogP contribution in [0.5, 0.6) is 0 Å². The van der Waals surface area contributed by atoms with Crippen molar-refractivity contribution in [3.05, 3.63) is 41.7 Å². The molecular formula is C15H16N4O2. The Morgan fingerprint density at radius 1 is 1.38 bits per heavy atom. The van der Waals surface area contributed by atoms with Crippen LogP contribution >= 0.6 is 0 Å². The monoisotopic (exact) mass is 284 g/mol. The average molecular weight is 284 g/mol.